The number of ether oxygens (including phenoxy) is 1. The van der Waals surface area contributed by atoms with E-state index in [-0.39, 0.29) is 19.3 Å². The van der Waals surface area contributed by atoms with Gasteiger partial charge in [-0.2, -0.15) is 0 Å². The highest BCUT2D eigenvalue weighted by atomic mass is 16.5. The topological polar surface area (TPSA) is 153 Å². The molecule has 0 aliphatic carbocycles. The van der Waals surface area contributed by atoms with E-state index in [0.29, 0.717) is 0 Å². The number of rotatable bonds is 9. The minimum Gasteiger partial charge on any atom is -0.483 e. The summed E-state index contributed by atoms with van der Waals surface area (Å²) in [5.41, 5.74) is -1.69. The smallest absolute Gasteiger partial charge is 0.348 e. The van der Waals surface area contributed by atoms with Gasteiger partial charge in [0.25, 0.3) is 0 Å². The molecule has 1 heterocycles. The first-order valence-electron chi connectivity index (χ1n) is 6.22. The van der Waals surface area contributed by atoms with Gasteiger partial charge in [0.1, 0.15) is 11.6 Å². The van der Waals surface area contributed by atoms with Crippen molar-refractivity contribution < 1.29 is 39.5 Å². The molecule has 0 fully saturated rings. The van der Waals surface area contributed by atoms with Gasteiger partial charge in [0.15, 0.2) is 0 Å². The van der Waals surface area contributed by atoms with Crippen molar-refractivity contribution in [1.29, 1.82) is 0 Å². The van der Waals surface area contributed by atoms with Gasteiger partial charge in [0.05, 0.1) is 12.8 Å². The summed E-state index contributed by atoms with van der Waals surface area (Å²) in [4.78, 5) is 32.2. The summed E-state index contributed by atoms with van der Waals surface area (Å²) in [6.45, 7) is -0.498. The molecule has 0 spiro atoms. The molecule has 1 aliphatic rings. The minimum absolute atomic E-state index is 0.0149. The molecule has 118 valence electrons. The molecular formula is C12H17NO8. The van der Waals surface area contributed by atoms with E-state index in [2.05, 4.69) is 5.32 Å². The largest absolute Gasteiger partial charge is 0.483 e. The summed E-state index contributed by atoms with van der Waals surface area (Å²) >= 11 is 0. The monoisotopic (exact) mass is 303 g/mol. The number of aliphatic carboxylic acids is 3. The molecule has 1 aliphatic heterocycles. The number of hydrogen-bond acceptors (Lipinski definition) is 6. The van der Waals surface area contributed by atoms with Gasteiger partial charge in [-0.25, -0.2) is 4.79 Å². The zero-order chi connectivity index (χ0) is 16.0. The molecule has 0 aromatic heterocycles. The highest BCUT2D eigenvalue weighted by Gasteiger charge is 2.44. The van der Waals surface area contributed by atoms with Gasteiger partial charge in [-0.05, 0) is 25.3 Å². The van der Waals surface area contributed by atoms with E-state index in [1.54, 1.807) is 0 Å². The predicted octanol–water partition coefficient (Wildman–Crippen LogP) is -0.988. The summed E-state index contributed by atoms with van der Waals surface area (Å²) in [6.07, 6.45) is 1.09. The predicted molar refractivity (Wildman–Crippen MR) is 67.5 cm³/mol. The lowest BCUT2D eigenvalue weighted by Crippen LogP contribution is -2.44. The van der Waals surface area contributed by atoms with Gasteiger partial charge in [0, 0.05) is 0 Å². The van der Waals surface area contributed by atoms with Gasteiger partial charge in [-0.3, -0.25) is 14.9 Å². The fraction of sp³-hybridized carbons (Fsp3) is 0.583. The minimum atomic E-state index is -1.69. The molecule has 3 unspecified atom stereocenters. The molecule has 0 saturated heterocycles. The normalized spacial score (nSPS) is 25.3. The van der Waals surface area contributed by atoms with Crippen LogP contribution in [-0.2, 0) is 19.1 Å². The quantitative estimate of drug-likeness (QED) is 0.361. The zero-order valence-corrected chi connectivity index (χ0v) is 11.1. The molecule has 0 amide bonds. The van der Waals surface area contributed by atoms with Gasteiger partial charge in [-0.15, -0.1) is 0 Å². The van der Waals surface area contributed by atoms with E-state index in [9.17, 15) is 19.5 Å². The van der Waals surface area contributed by atoms with Crippen LogP contribution in [0.4, 0.5) is 0 Å². The van der Waals surface area contributed by atoms with Crippen molar-refractivity contribution in [1.82, 2.24) is 5.32 Å². The maximum Gasteiger partial charge on any atom is 0.348 e. The van der Waals surface area contributed by atoms with Crippen LogP contribution in [0.15, 0.2) is 12.3 Å². The number of carboxylic acid groups (broad SMARTS) is 3. The van der Waals surface area contributed by atoms with E-state index in [1.165, 1.54) is 6.08 Å². The maximum absolute atomic E-state index is 10.9. The van der Waals surface area contributed by atoms with Crippen molar-refractivity contribution in [2.24, 2.45) is 0 Å². The van der Waals surface area contributed by atoms with Crippen LogP contribution in [0.25, 0.3) is 0 Å². The van der Waals surface area contributed by atoms with Crippen molar-refractivity contribution in [3.63, 3.8) is 0 Å². The average Bonchev–Trinajstić information content (AvgIpc) is 2.75. The fourth-order valence-corrected chi connectivity index (χ4v) is 2.04. The van der Waals surface area contributed by atoms with Crippen LogP contribution in [0.1, 0.15) is 19.3 Å². The molecule has 21 heavy (non-hydrogen) atoms. The Bertz CT molecular complexity index is 449. The first-order chi connectivity index (χ1) is 9.76. The van der Waals surface area contributed by atoms with Crippen molar-refractivity contribution >= 4 is 17.9 Å². The van der Waals surface area contributed by atoms with Crippen molar-refractivity contribution in [2.75, 3.05) is 6.54 Å². The number of nitrogens with one attached hydrogen (secondary N) is 1. The van der Waals surface area contributed by atoms with Crippen LogP contribution in [0.2, 0.25) is 0 Å². The van der Waals surface area contributed by atoms with E-state index < -0.39 is 42.2 Å². The number of hydrogen-bond donors (Lipinski definition) is 5. The molecule has 0 saturated carbocycles. The molecule has 0 aromatic carbocycles. The van der Waals surface area contributed by atoms with E-state index in [1.807, 2.05) is 0 Å². The summed E-state index contributed by atoms with van der Waals surface area (Å²) in [6, 6.07) is -1.08. The Kier molecular flexibility index (Phi) is 5.68. The van der Waals surface area contributed by atoms with Crippen molar-refractivity contribution in [2.45, 2.75) is 37.0 Å². The summed E-state index contributed by atoms with van der Waals surface area (Å²) in [7, 11) is 0. The molecule has 0 radical (unpaired) electrons. The number of aliphatic hydroxyl groups is 1. The highest BCUT2D eigenvalue weighted by molar-refractivity contribution is 5.76. The third kappa shape index (κ3) is 4.72. The Labute approximate surface area is 119 Å². The molecular weight excluding hydrogens is 286 g/mol. The lowest BCUT2D eigenvalue weighted by molar-refractivity contribution is -0.156. The molecule has 0 aromatic rings. The Hall–Kier alpha value is -2.13. The second-order valence-corrected chi connectivity index (χ2v) is 4.71. The molecule has 5 N–H and O–H groups in total. The Morgan fingerprint density at radius 1 is 1.29 bits per heavy atom. The number of carboxylic acids is 3. The molecule has 9 nitrogen and oxygen atoms in total. The van der Waals surface area contributed by atoms with Gasteiger partial charge < -0.3 is 25.2 Å². The van der Waals surface area contributed by atoms with Crippen LogP contribution >= 0.6 is 0 Å². The van der Waals surface area contributed by atoms with Crippen LogP contribution in [0.3, 0.4) is 0 Å². The van der Waals surface area contributed by atoms with E-state index >= 15 is 0 Å². The van der Waals surface area contributed by atoms with E-state index in [4.69, 9.17) is 20.1 Å². The second-order valence-electron chi connectivity index (χ2n) is 4.71. The lowest BCUT2D eigenvalue weighted by atomic mass is 9.90. The van der Waals surface area contributed by atoms with Gasteiger partial charge >= 0.3 is 17.9 Å². The van der Waals surface area contributed by atoms with Crippen LogP contribution < -0.4 is 5.32 Å². The first kappa shape index (κ1) is 16.9. The van der Waals surface area contributed by atoms with Crippen molar-refractivity contribution in [3.8, 4) is 0 Å². The van der Waals surface area contributed by atoms with E-state index in [0.717, 1.165) is 6.26 Å². The SMILES string of the molecule is O=C(O)CNC(CCCC1(O)C=COC1C(=O)O)C(=O)O. The van der Waals surface area contributed by atoms with Crippen LogP contribution in [0.5, 0.6) is 0 Å². The summed E-state index contributed by atoms with van der Waals surface area (Å²) in [5, 5.41) is 38.8. The first-order valence-corrected chi connectivity index (χ1v) is 6.22. The maximum atomic E-state index is 10.9. The Morgan fingerprint density at radius 3 is 2.48 bits per heavy atom. The molecule has 3 atom stereocenters. The summed E-state index contributed by atoms with van der Waals surface area (Å²) < 4.78 is 4.77. The lowest BCUT2D eigenvalue weighted by Gasteiger charge is -2.25. The van der Waals surface area contributed by atoms with Gasteiger partial charge in [-0.1, -0.05) is 0 Å². The molecule has 0 bridgehead atoms. The summed E-state index contributed by atoms with van der Waals surface area (Å²) in [5.74, 6) is -3.71. The van der Waals surface area contributed by atoms with Crippen molar-refractivity contribution in [3.05, 3.63) is 12.3 Å². The standard InChI is InChI=1S/C12H17NO8/c14-8(15)6-13-7(10(16)17)2-1-3-12(20)4-5-21-9(12)11(18)19/h4-5,7,9,13,20H,1-3,6H2,(H,14,15)(H,16,17)(H,18,19). The molecule has 9 heteroatoms. The fourth-order valence-electron chi connectivity index (χ4n) is 2.04. The van der Waals surface area contributed by atoms with Crippen LogP contribution in [0, 0.1) is 0 Å². The number of carbonyl (C=O) groups is 3. The molecule has 1 rings (SSSR count). The average molecular weight is 303 g/mol. The van der Waals surface area contributed by atoms with Gasteiger partial charge in [0.2, 0.25) is 6.10 Å². The zero-order valence-electron chi connectivity index (χ0n) is 11.1. The third-order valence-electron chi connectivity index (χ3n) is 3.12. The Balaban J connectivity index is 2.49. The second kappa shape index (κ2) is 7.04. The highest BCUT2D eigenvalue weighted by Crippen LogP contribution is 2.28. The third-order valence-corrected chi connectivity index (χ3v) is 3.12. The van der Waals surface area contributed by atoms with Crippen LogP contribution in [-0.4, -0.2) is 62.6 Å². The Morgan fingerprint density at radius 2 is 1.95 bits per heavy atom.